The number of nitrogens with zero attached hydrogens (tertiary/aromatic N) is 2. The average Bonchev–Trinajstić information content (AvgIpc) is 3.34. The van der Waals surface area contributed by atoms with Crippen LogP contribution in [0.1, 0.15) is 35.6 Å². The van der Waals surface area contributed by atoms with Gasteiger partial charge < -0.3 is 19.4 Å². The van der Waals surface area contributed by atoms with Gasteiger partial charge in [0.05, 0.1) is 41.4 Å². The van der Waals surface area contributed by atoms with E-state index in [4.69, 9.17) is 9.47 Å². The number of aromatic amines is 1. The highest BCUT2D eigenvalue weighted by Crippen LogP contribution is 2.43. The molecule has 1 aliphatic heterocycles. The first-order valence-corrected chi connectivity index (χ1v) is 11.1. The minimum absolute atomic E-state index is 0.0739. The number of benzene rings is 3. The standard InChI is InChI=1S/C27H25N3O4/c1-27(2)19-13-20-21(29-25(28-20)16-34-17-9-5-4-6-10-17)14-22(19)30(26(27)32)15-23(31)18-11-7-8-12-24(18)33-3/h4-14H,15-16H2,1-3H3,(H,28,29). The molecule has 7 nitrogen and oxygen atoms in total. The van der Waals surface area contributed by atoms with Crippen LogP contribution in [0.5, 0.6) is 11.5 Å². The van der Waals surface area contributed by atoms with Gasteiger partial charge in [0, 0.05) is 0 Å². The quantitative estimate of drug-likeness (QED) is 0.410. The maximum Gasteiger partial charge on any atom is 0.237 e. The van der Waals surface area contributed by atoms with E-state index in [1.165, 1.54) is 7.11 Å². The number of Topliss-reactive ketones (excluding diaryl/α,β-unsaturated/α-hetero) is 1. The minimum Gasteiger partial charge on any atom is -0.496 e. The van der Waals surface area contributed by atoms with Crippen LogP contribution in [0.2, 0.25) is 0 Å². The summed E-state index contributed by atoms with van der Waals surface area (Å²) < 4.78 is 11.1. The van der Waals surface area contributed by atoms with Gasteiger partial charge in [-0.3, -0.25) is 9.59 Å². The Bertz CT molecular complexity index is 1390. The molecule has 1 aromatic heterocycles. The van der Waals surface area contributed by atoms with Gasteiger partial charge in [-0.05, 0) is 55.8 Å². The van der Waals surface area contributed by atoms with Crippen molar-refractivity contribution in [2.75, 3.05) is 18.6 Å². The molecule has 2 heterocycles. The second-order valence-corrected chi connectivity index (χ2v) is 8.81. The molecule has 0 unspecified atom stereocenters. The van der Waals surface area contributed by atoms with Gasteiger partial charge in [-0.15, -0.1) is 0 Å². The van der Waals surface area contributed by atoms with Crippen molar-refractivity contribution in [2.45, 2.75) is 25.9 Å². The molecule has 1 N–H and O–H groups in total. The highest BCUT2D eigenvalue weighted by molar-refractivity contribution is 6.14. The largest absolute Gasteiger partial charge is 0.496 e. The summed E-state index contributed by atoms with van der Waals surface area (Å²) in [5.74, 6) is 1.63. The van der Waals surface area contributed by atoms with Crippen LogP contribution in [-0.4, -0.2) is 35.3 Å². The molecule has 34 heavy (non-hydrogen) atoms. The molecule has 7 heteroatoms. The molecule has 0 atom stereocenters. The number of fused-ring (bicyclic) bond motifs is 2. The zero-order valence-corrected chi connectivity index (χ0v) is 19.3. The Morgan fingerprint density at radius 1 is 1.06 bits per heavy atom. The zero-order valence-electron chi connectivity index (χ0n) is 19.3. The third-order valence-corrected chi connectivity index (χ3v) is 6.22. The van der Waals surface area contributed by atoms with Gasteiger partial charge in [0.25, 0.3) is 0 Å². The molecule has 3 aromatic carbocycles. The second-order valence-electron chi connectivity index (χ2n) is 8.81. The molecular formula is C27H25N3O4. The first-order valence-electron chi connectivity index (χ1n) is 11.1. The lowest BCUT2D eigenvalue weighted by atomic mass is 9.86. The monoisotopic (exact) mass is 455 g/mol. The number of imidazole rings is 1. The number of hydrogen-bond donors (Lipinski definition) is 1. The number of para-hydroxylation sites is 2. The number of carbonyl (C=O) groups excluding carboxylic acids is 2. The van der Waals surface area contributed by atoms with Crippen LogP contribution in [0, 0.1) is 0 Å². The van der Waals surface area contributed by atoms with Gasteiger partial charge in [-0.1, -0.05) is 30.3 Å². The number of nitrogens with one attached hydrogen (secondary N) is 1. The zero-order chi connectivity index (χ0) is 23.9. The number of rotatable bonds is 7. The first kappa shape index (κ1) is 21.7. The van der Waals surface area contributed by atoms with Crippen molar-refractivity contribution in [3.63, 3.8) is 0 Å². The number of ketones is 1. The van der Waals surface area contributed by atoms with Crippen LogP contribution in [0.4, 0.5) is 5.69 Å². The molecule has 1 aliphatic rings. The van der Waals surface area contributed by atoms with Crippen molar-refractivity contribution in [3.8, 4) is 11.5 Å². The van der Waals surface area contributed by atoms with E-state index >= 15 is 0 Å². The Morgan fingerprint density at radius 3 is 2.56 bits per heavy atom. The van der Waals surface area contributed by atoms with E-state index in [-0.39, 0.29) is 18.2 Å². The Balaban J connectivity index is 1.46. The van der Waals surface area contributed by atoms with Crippen LogP contribution in [-0.2, 0) is 16.8 Å². The molecule has 0 saturated heterocycles. The van der Waals surface area contributed by atoms with Gasteiger partial charge in [-0.2, -0.15) is 0 Å². The summed E-state index contributed by atoms with van der Waals surface area (Å²) in [6.07, 6.45) is 0. The van der Waals surface area contributed by atoms with E-state index < -0.39 is 5.41 Å². The van der Waals surface area contributed by atoms with Crippen molar-refractivity contribution in [3.05, 3.63) is 83.7 Å². The van der Waals surface area contributed by atoms with Crippen molar-refractivity contribution in [1.82, 2.24) is 9.97 Å². The average molecular weight is 456 g/mol. The minimum atomic E-state index is -0.767. The van der Waals surface area contributed by atoms with Crippen LogP contribution < -0.4 is 14.4 Å². The third-order valence-electron chi connectivity index (χ3n) is 6.22. The molecule has 0 aliphatic carbocycles. The molecule has 1 amide bonds. The lowest BCUT2D eigenvalue weighted by Crippen LogP contribution is -2.39. The molecule has 0 radical (unpaired) electrons. The molecule has 4 aromatic rings. The predicted molar refractivity (Wildman–Crippen MR) is 130 cm³/mol. The number of methoxy groups -OCH3 is 1. The molecule has 0 fully saturated rings. The number of carbonyl (C=O) groups is 2. The second kappa shape index (κ2) is 8.33. The number of ether oxygens (including phenoxy) is 2. The summed E-state index contributed by atoms with van der Waals surface area (Å²) >= 11 is 0. The van der Waals surface area contributed by atoms with Crippen LogP contribution in [0.25, 0.3) is 11.0 Å². The van der Waals surface area contributed by atoms with Crippen LogP contribution in [0.3, 0.4) is 0 Å². The molecule has 0 spiro atoms. The SMILES string of the molecule is COc1ccccc1C(=O)CN1C(=O)C(C)(C)c2cc3[nH]c(COc4ccccc4)nc3cc21. The fourth-order valence-corrected chi connectivity index (χ4v) is 4.38. The summed E-state index contributed by atoms with van der Waals surface area (Å²) in [6, 6.07) is 20.4. The van der Waals surface area contributed by atoms with Gasteiger partial charge in [0.1, 0.15) is 23.9 Å². The fraction of sp³-hybridized carbons (Fsp3) is 0.222. The number of aromatic nitrogens is 2. The van der Waals surface area contributed by atoms with Crippen LogP contribution in [0.15, 0.2) is 66.7 Å². The maximum atomic E-state index is 13.3. The summed E-state index contributed by atoms with van der Waals surface area (Å²) in [7, 11) is 1.53. The van der Waals surface area contributed by atoms with E-state index in [1.54, 1.807) is 23.1 Å². The summed E-state index contributed by atoms with van der Waals surface area (Å²) in [6.45, 7) is 3.98. The Labute approximate surface area is 197 Å². The van der Waals surface area contributed by atoms with Gasteiger partial charge in [0.2, 0.25) is 5.91 Å². The van der Waals surface area contributed by atoms with Gasteiger partial charge in [0.15, 0.2) is 5.78 Å². The van der Waals surface area contributed by atoms with E-state index in [0.717, 1.165) is 16.8 Å². The lowest BCUT2D eigenvalue weighted by molar-refractivity contribution is -0.122. The van der Waals surface area contributed by atoms with Crippen molar-refractivity contribution in [2.24, 2.45) is 0 Å². The molecule has 172 valence electrons. The number of amides is 1. The number of hydrogen-bond acceptors (Lipinski definition) is 5. The van der Waals surface area contributed by atoms with E-state index in [2.05, 4.69) is 9.97 Å². The van der Waals surface area contributed by atoms with Crippen LogP contribution >= 0.6 is 0 Å². The third kappa shape index (κ3) is 3.69. The van der Waals surface area contributed by atoms with E-state index in [9.17, 15) is 9.59 Å². The highest BCUT2D eigenvalue weighted by Gasteiger charge is 2.45. The topological polar surface area (TPSA) is 84.5 Å². The predicted octanol–water partition coefficient (Wildman–Crippen LogP) is 4.66. The summed E-state index contributed by atoms with van der Waals surface area (Å²) in [5, 5.41) is 0. The van der Waals surface area contributed by atoms with Crippen molar-refractivity contribution < 1.29 is 19.1 Å². The van der Waals surface area contributed by atoms with Crippen molar-refractivity contribution >= 4 is 28.4 Å². The van der Waals surface area contributed by atoms with E-state index in [0.29, 0.717) is 34.9 Å². The summed E-state index contributed by atoms with van der Waals surface area (Å²) in [5.41, 5.74) is 2.78. The lowest BCUT2D eigenvalue weighted by Gasteiger charge is -2.20. The van der Waals surface area contributed by atoms with Gasteiger partial charge >= 0.3 is 0 Å². The molecule has 5 rings (SSSR count). The highest BCUT2D eigenvalue weighted by atomic mass is 16.5. The first-order chi connectivity index (χ1) is 16.4. The maximum absolute atomic E-state index is 13.3. The molecular weight excluding hydrogens is 430 g/mol. The Hall–Kier alpha value is -4.13. The van der Waals surface area contributed by atoms with Gasteiger partial charge in [-0.25, -0.2) is 4.98 Å². The normalized spacial score (nSPS) is 14.3. The number of anilines is 1. The smallest absolute Gasteiger partial charge is 0.237 e. The number of H-pyrrole nitrogens is 1. The molecule has 0 saturated carbocycles. The fourth-order valence-electron chi connectivity index (χ4n) is 4.38. The van der Waals surface area contributed by atoms with E-state index in [1.807, 2.05) is 62.4 Å². The Kier molecular flexibility index (Phi) is 5.32. The Morgan fingerprint density at radius 2 is 1.79 bits per heavy atom. The summed E-state index contributed by atoms with van der Waals surface area (Å²) in [4.78, 5) is 35.9. The molecule has 0 bridgehead atoms. The van der Waals surface area contributed by atoms with Crippen molar-refractivity contribution in [1.29, 1.82) is 0 Å².